The van der Waals surface area contributed by atoms with E-state index in [4.69, 9.17) is 5.11 Å². The molecule has 7 heteroatoms. The molecule has 0 fully saturated rings. The van der Waals surface area contributed by atoms with Crippen molar-refractivity contribution in [1.29, 1.82) is 0 Å². The van der Waals surface area contributed by atoms with Crippen LogP contribution in [0.25, 0.3) is 10.9 Å². The zero-order chi connectivity index (χ0) is 15.6. The Bertz CT molecular complexity index is 699. The van der Waals surface area contributed by atoms with E-state index in [1.807, 2.05) is 31.2 Å². The molecule has 1 heterocycles. The van der Waals surface area contributed by atoms with Crippen molar-refractivity contribution in [3.63, 3.8) is 0 Å². The first-order valence-electron chi connectivity index (χ1n) is 6.27. The number of alkyl halides is 1. The van der Waals surface area contributed by atoms with Gasteiger partial charge in [-0.25, -0.2) is 9.18 Å². The van der Waals surface area contributed by atoms with Gasteiger partial charge in [-0.3, -0.25) is 4.79 Å². The number of carboxylic acid groups (broad SMARTS) is 1. The summed E-state index contributed by atoms with van der Waals surface area (Å²) < 4.78 is 15.2. The molecule has 0 saturated carbocycles. The van der Waals surface area contributed by atoms with E-state index >= 15 is 0 Å². The van der Waals surface area contributed by atoms with Crippen molar-refractivity contribution in [3.8, 4) is 0 Å². The molecule has 1 unspecified atom stereocenters. The molecule has 2 N–H and O–H groups in total. The molecular formula is C14H14BrFN2O3. The average Bonchev–Trinajstić information content (AvgIpc) is 2.70. The maximum absolute atomic E-state index is 12.5. The van der Waals surface area contributed by atoms with Crippen LogP contribution in [0.15, 0.2) is 28.7 Å². The molecule has 0 spiro atoms. The number of halogens is 2. The highest BCUT2D eigenvalue weighted by molar-refractivity contribution is 9.10. The van der Waals surface area contributed by atoms with Gasteiger partial charge in [0.05, 0.1) is 0 Å². The summed E-state index contributed by atoms with van der Waals surface area (Å²) >= 11 is 3.47. The second kappa shape index (κ2) is 6.26. The summed E-state index contributed by atoms with van der Waals surface area (Å²) in [7, 11) is 0. The quantitative estimate of drug-likeness (QED) is 0.862. The second-order valence-electron chi connectivity index (χ2n) is 4.62. The van der Waals surface area contributed by atoms with Crippen LogP contribution in [0.2, 0.25) is 0 Å². The first-order valence-corrected chi connectivity index (χ1v) is 7.06. The summed E-state index contributed by atoms with van der Waals surface area (Å²) in [5, 5.41) is 11.9. The number of aromatic nitrogens is 1. The van der Waals surface area contributed by atoms with Gasteiger partial charge in [0, 0.05) is 21.1 Å². The highest BCUT2D eigenvalue weighted by Crippen LogP contribution is 2.30. The molecule has 21 heavy (non-hydrogen) atoms. The maximum atomic E-state index is 12.5. The Labute approximate surface area is 128 Å². The van der Waals surface area contributed by atoms with Crippen LogP contribution < -0.4 is 5.32 Å². The molecule has 0 bridgehead atoms. The summed E-state index contributed by atoms with van der Waals surface area (Å²) in [6.07, 6.45) is 0. The van der Waals surface area contributed by atoms with Crippen molar-refractivity contribution in [2.45, 2.75) is 19.5 Å². The first kappa shape index (κ1) is 15.5. The number of carbonyl (C=O) groups excluding carboxylic acids is 1. The Kier molecular flexibility index (Phi) is 4.62. The summed E-state index contributed by atoms with van der Waals surface area (Å²) in [6.45, 7) is 0.638. The van der Waals surface area contributed by atoms with Crippen LogP contribution in [0.5, 0.6) is 0 Å². The second-order valence-corrected chi connectivity index (χ2v) is 5.41. The molecule has 2 rings (SSSR count). The standard InChI is InChI=1S/C14H14BrFN2O3/c1-8-13(15)9-4-2-3-5-11(9)18(8)7-12(19)17-10(6-16)14(20)21/h2-5,10H,6-7H2,1H3,(H,17,19)(H,20,21). The fraction of sp³-hybridized carbons (Fsp3) is 0.286. The maximum Gasteiger partial charge on any atom is 0.328 e. The number of carboxylic acids is 1. The largest absolute Gasteiger partial charge is 0.480 e. The van der Waals surface area contributed by atoms with Crippen LogP contribution in [0.3, 0.4) is 0 Å². The minimum Gasteiger partial charge on any atom is -0.480 e. The lowest BCUT2D eigenvalue weighted by Crippen LogP contribution is -2.43. The third-order valence-electron chi connectivity index (χ3n) is 3.24. The van der Waals surface area contributed by atoms with Gasteiger partial charge < -0.3 is 15.0 Å². The molecule has 5 nitrogen and oxygen atoms in total. The van der Waals surface area contributed by atoms with Crippen LogP contribution in [-0.2, 0) is 16.1 Å². The summed E-state index contributed by atoms with van der Waals surface area (Å²) in [6, 6.07) is 6.01. The van der Waals surface area contributed by atoms with E-state index in [0.29, 0.717) is 0 Å². The number of carbonyl (C=O) groups is 2. The van der Waals surface area contributed by atoms with Gasteiger partial charge in [0.15, 0.2) is 6.04 Å². The number of hydrogen-bond acceptors (Lipinski definition) is 2. The number of amides is 1. The highest BCUT2D eigenvalue weighted by Gasteiger charge is 2.21. The number of nitrogens with one attached hydrogen (secondary N) is 1. The van der Waals surface area contributed by atoms with Crippen molar-refractivity contribution in [2.24, 2.45) is 0 Å². The Morgan fingerprint density at radius 1 is 1.43 bits per heavy atom. The van der Waals surface area contributed by atoms with Crippen molar-refractivity contribution in [3.05, 3.63) is 34.4 Å². The highest BCUT2D eigenvalue weighted by atomic mass is 79.9. The molecule has 112 valence electrons. The molecule has 2 aromatic rings. The van der Waals surface area contributed by atoms with E-state index in [2.05, 4.69) is 21.2 Å². The molecule has 0 aliphatic heterocycles. The zero-order valence-electron chi connectivity index (χ0n) is 11.3. The zero-order valence-corrected chi connectivity index (χ0v) is 12.9. The van der Waals surface area contributed by atoms with Gasteiger partial charge in [-0.2, -0.15) is 0 Å². The normalized spacial score (nSPS) is 12.3. The van der Waals surface area contributed by atoms with E-state index in [1.165, 1.54) is 0 Å². The Balaban J connectivity index is 2.26. The van der Waals surface area contributed by atoms with Gasteiger partial charge in [0.25, 0.3) is 0 Å². The molecule has 0 aliphatic rings. The van der Waals surface area contributed by atoms with Gasteiger partial charge in [0.1, 0.15) is 13.2 Å². The number of benzene rings is 1. The SMILES string of the molecule is Cc1c(Br)c2ccccc2n1CC(=O)NC(CF)C(=O)O. The Hall–Kier alpha value is -1.89. The van der Waals surface area contributed by atoms with Crippen molar-refractivity contribution >= 4 is 38.7 Å². The summed E-state index contributed by atoms with van der Waals surface area (Å²) in [4.78, 5) is 22.6. The van der Waals surface area contributed by atoms with Crippen LogP contribution in [-0.4, -0.2) is 34.3 Å². The molecule has 0 radical (unpaired) electrons. The van der Waals surface area contributed by atoms with Crippen molar-refractivity contribution in [2.75, 3.05) is 6.67 Å². The predicted octanol–water partition coefficient (Wildman–Crippen LogP) is 2.25. The molecule has 1 amide bonds. The minimum atomic E-state index is -1.51. The molecule has 1 atom stereocenters. The number of aliphatic carboxylic acids is 1. The predicted molar refractivity (Wildman–Crippen MR) is 79.9 cm³/mol. The van der Waals surface area contributed by atoms with Crippen molar-refractivity contribution < 1.29 is 19.1 Å². The van der Waals surface area contributed by atoms with Gasteiger partial charge in [-0.1, -0.05) is 18.2 Å². The number of rotatable bonds is 5. The lowest BCUT2D eigenvalue weighted by Gasteiger charge is -2.13. The molecule has 1 aromatic carbocycles. The number of para-hydroxylation sites is 1. The Morgan fingerprint density at radius 3 is 2.71 bits per heavy atom. The lowest BCUT2D eigenvalue weighted by molar-refractivity contribution is -0.142. The molecule has 0 aliphatic carbocycles. The smallest absolute Gasteiger partial charge is 0.328 e. The van der Waals surface area contributed by atoms with E-state index in [1.54, 1.807) is 4.57 Å². The van der Waals surface area contributed by atoms with E-state index in [0.717, 1.165) is 21.1 Å². The molecule has 0 saturated heterocycles. The van der Waals surface area contributed by atoms with Crippen LogP contribution >= 0.6 is 15.9 Å². The molecule has 1 aromatic heterocycles. The molecular weight excluding hydrogens is 343 g/mol. The third-order valence-corrected chi connectivity index (χ3v) is 4.24. The van der Waals surface area contributed by atoms with Gasteiger partial charge >= 0.3 is 5.97 Å². The number of hydrogen-bond donors (Lipinski definition) is 2. The van der Waals surface area contributed by atoms with Crippen LogP contribution in [0, 0.1) is 6.92 Å². The van der Waals surface area contributed by atoms with Gasteiger partial charge in [-0.15, -0.1) is 0 Å². The summed E-state index contributed by atoms with van der Waals surface area (Å²) in [5.41, 5.74) is 1.70. The number of fused-ring (bicyclic) bond motifs is 1. The lowest BCUT2D eigenvalue weighted by atomic mass is 10.2. The first-order chi connectivity index (χ1) is 9.95. The Morgan fingerprint density at radius 2 is 2.10 bits per heavy atom. The third kappa shape index (κ3) is 3.07. The fourth-order valence-electron chi connectivity index (χ4n) is 2.14. The van der Waals surface area contributed by atoms with E-state index < -0.39 is 24.6 Å². The fourth-order valence-corrected chi connectivity index (χ4v) is 2.69. The topological polar surface area (TPSA) is 71.3 Å². The van der Waals surface area contributed by atoms with Crippen molar-refractivity contribution in [1.82, 2.24) is 9.88 Å². The van der Waals surface area contributed by atoms with E-state index in [9.17, 15) is 14.0 Å². The summed E-state index contributed by atoms with van der Waals surface area (Å²) in [5.74, 6) is -1.93. The average molecular weight is 357 g/mol. The van der Waals surface area contributed by atoms with Crippen LogP contribution in [0.4, 0.5) is 4.39 Å². The van der Waals surface area contributed by atoms with E-state index in [-0.39, 0.29) is 6.54 Å². The monoisotopic (exact) mass is 356 g/mol. The van der Waals surface area contributed by atoms with Crippen LogP contribution in [0.1, 0.15) is 5.69 Å². The number of nitrogens with zero attached hydrogens (tertiary/aromatic N) is 1. The van der Waals surface area contributed by atoms with Gasteiger partial charge in [-0.05, 0) is 28.9 Å². The van der Waals surface area contributed by atoms with Gasteiger partial charge in [0.2, 0.25) is 5.91 Å². The minimum absolute atomic E-state index is 0.0677.